The van der Waals surface area contributed by atoms with Gasteiger partial charge >= 0.3 is 6.09 Å². The largest absolute Gasteiger partial charge is 0.489 e. The first-order valence-corrected chi connectivity index (χ1v) is 13.1. The summed E-state index contributed by atoms with van der Waals surface area (Å²) in [6, 6.07) is 24.4. The van der Waals surface area contributed by atoms with Crippen LogP contribution in [0.1, 0.15) is 30.0 Å². The molecule has 1 aliphatic rings. The van der Waals surface area contributed by atoms with Gasteiger partial charge in [-0.1, -0.05) is 72.8 Å². The molecular weight excluding hydrogens is 510 g/mol. The highest BCUT2D eigenvalue weighted by atomic mass is 16.5. The molecule has 40 heavy (non-hydrogen) atoms. The number of para-hydroxylation sites is 1. The molecule has 0 saturated carbocycles. The number of nitrogens with one attached hydrogen (secondary N) is 5. The standard InChI is InChI=1S/C30H33N5O5/c1-20(34-29(37)26-16-25(18-32-26)40-24-10-6-3-7-11-24)28(36)33-17-21-12-14-23(15-13-21)27(31)35-30(38)39-19-22-8-4-2-5-9-22/h2-15,20,25-26,32H,16-19H2,1H3,(H,33,36)(H,34,37)(H2,31,35,38)/t20-,25-,26+/m0/s1. The van der Waals surface area contributed by atoms with E-state index in [9.17, 15) is 14.4 Å². The molecule has 0 bridgehead atoms. The van der Waals surface area contributed by atoms with Crippen LogP contribution in [-0.4, -0.2) is 48.5 Å². The number of rotatable bonds is 10. The zero-order valence-corrected chi connectivity index (χ0v) is 22.2. The van der Waals surface area contributed by atoms with Gasteiger partial charge in [-0.25, -0.2) is 4.79 Å². The minimum atomic E-state index is -0.720. The molecule has 0 unspecified atom stereocenters. The van der Waals surface area contributed by atoms with Crippen LogP contribution in [0.3, 0.4) is 0 Å². The lowest BCUT2D eigenvalue weighted by Gasteiger charge is -2.17. The van der Waals surface area contributed by atoms with E-state index < -0.39 is 18.2 Å². The zero-order chi connectivity index (χ0) is 28.3. The van der Waals surface area contributed by atoms with Crippen molar-refractivity contribution >= 4 is 23.7 Å². The third-order valence-electron chi connectivity index (χ3n) is 6.35. The van der Waals surface area contributed by atoms with Crippen molar-refractivity contribution in [3.63, 3.8) is 0 Å². The Morgan fingerprint density at radius 2 is 1.62 bits per heavy atom. The molecule has 3 atom stereocenters. The zero-order valence-electron chi connectivity index (χ0n) is 22.2. The summed E-state index contributed by atoms with van der Waals surface area (Å²) in [5.74, 6) is 0.0926. The summed E-state index contributed by atoms with van der Waals surface area (Å²) < 4.78 is 11.0. The van der Waals surface area contributed by atoms with Gasteiger partial charge < -0.3 is 25.4 Å². The SMILES string of the molecule is C[C@H](NC(=O)[C@H]1C[C@H](Oc2ccccc2)CN1)C(=O)NCc1ccc(C(=N)NC(=O)OCc2ccccc2)cc1. The number of ether oxygens (including phenoxy) is 2. The molecule has 0 aliphatic carbocycles. The van der Waals surface area contributed by atoms with Crippen LogP contribution in [-0.2, 0) is 27.5 Å². The second-order valence-electron chi connectivity index (χ2n) is 9.46. The van der Waals surface area contributed by atoms with Crippen LogP contribution in [0.15, 0.2) is 84.9 Å². The van der Waals surface area contributed by atoms with Crippen LogP contribution in [0.25, 0.3) is 0 Å². The number of carbonyl (C=O) groups excluding carboxylic acids is 3. The van der Waals surface area contributed by atoms with Crippen molar-refractivity contribution in [2.24, 2.45) is 0 Å². The molecule has 4 rings (SSSR count). The van der Waals surface area contributed by atoms with Crippen LogP contribution < -0.4 is 26.0 Å². The summed E-state index contributed by atoms with van der Waals surface area (Å²) in [5, 5.41) is 19.2. The fourth-order valence-electron chi connectivity index (χ4n) is 4.13. The van der Waals surface area contributed by atoms with Gasteiger partial charge in [0.1, 0.15) is 30.3 Å². The average molecular weight is 544 g/mol. The third kappa shape index (κ3) is 8.40. The molecule has 0 aromatic heterocycles. The first-order chi connectivity index (χ1) is 19.4. The van der Waals surface area contributed by atoms with E-state index in [2.05, 4.69) is 21.3 Å². The second-order valence-corrected chi connectivity index (χ2v) is 9.46. The lowest BCUT2D eigenvalue weighted by Crippen LogP contribution is -2.49. The van der Waals surface area contributed by atoms with E-state index in [0.29, 0.717) is 18.5 Å². The highest BCUT2D eigenvalue weighted by Gasteiger charge is 2.32. The second kappa shape index (κ2) is 13.9. The summed E-state index contributed by atoms with van der Waals surface area (Å²) in [5.41, 5.74) is 2.14. The Hall–Kier alpha value is -4.70. The van der Waals surface area contributed by atoms with Gasteiger partial charge in [0, 0.05) is 25.1 Å². The first-order valence-electron chi connectivity index (χ1n) is 13.1. The fraction of sp³-hybridized carbons (Fsp3) is 0.267. The van der Waals surface area contributed by atoms with Crippen LogP contribution in [0.5, 0.6) is 5.75 Å². The smallest absolute Gasteiger partial charge is 0.413 e. The van der Waals surface area contributed by atoms with E-state index in [-0.39, 0.29) is 36.9 Å². The summed E-state index contributed by atoms with van der Waals surface area (Å²) in [6.45, 7) is 2.53. The predicted molar refractivity (Wildman–Crippen MR) is 150 cm³/mol. The quantitative estimate of drug-likeness (QED) is 0.197. The van der Waals surface area contributed by atoms with Crippen LogP contribution in [0.4, 0.5) is 4.79 Å². The number of carbonyl (C=O) groups is 3. The Labute approximate surface area is 233 Å². The van der Waals surface area contributed by atoms with Crippen molar-refractivity contribution in [2.75, 3.05) is 6.54 Å². The van der Waals surface area contributed by atoms with E-state index >= 15 is 0 Å². The van der Waals surface area contributed by atoms with Gasteiger partial charge in [0.25, 0.3) is 0 Å². The molecule has 0 radical (unpaired) electrons. The number of amides is 3. The minimum Gasteiger partial charge on any atom is -0.489 e. The molecule has 0 spiro atoms. The van der Waals surface area contributed by atoms with Crippen LogP contribution in [0.2, 0.25) is 0 Å². The Balaban J connectivity index is 1.16. The molecule has 3 aromatic carbocycles. The summed E-state index contributed by atoms with van der Waals surface area (Å²) in [4.78, 5) is 37.2. The maximum Gasteiger partial charge on any atom is 0.413 e. The van der Waals surface area contributed by atoms with Crippen molar-refractivity contribution in [2.45, 2.75) is 44.7 Å². The Morgan fingerprint density at radius 1 is 0.950 bits per heavy atom. The van der Waals surface area contributed by atoms with Crippen LogP contribution in [0, 0.1) is 5.41 Å². The first kappa shape index (κ1) is 28.3. The van der Waals surface area contributed by atoms with Gasteiger partial charge in [0.2, 0.25) is 11.8 Å². The number of hydrogen-bond acceptors (Lipinski definition) is 7. The maximum absolute atomic E-state index is 12.7. The van der Waals surface area contributed by atoms with Crippen molar-refractivity contribution in [1.82, 2.24) is 21.3 Å². The van der Waals surface area contributed by atoms with Gasteiger partial charge in [-0.2, -0.15) is 0 Å². The topological polar surface area (TPSA) is 142 Å². The molecule has 3 aromatic rings. The molecule has 3 amide bonds. The van der Waals surface area contributed by atoms with E-state index in [0.717, 1.165) is 16.9 Å². The van der Waals surface area contributed by atoms with Crippen molar-refractivity contribution in [3.8, 4) is 5.75 Å². The number of hydrogen-bond donors (Lipinski definition) is 5. The number of benzene rings is 3. The fourth-order valence-corrected chi connectivity index (χ4v) is 4.13. The summed E-state index contributed by atoms with van der Waals surface area (Å²) >= 11 is 0. The summed E-state index contributed by atoms with van der Waals surface area (Å²) in [7, 11) is 0. The Bertz CT molecular complexity index is 1300. The maximum atomic E-state index is 12.7. The predicted octanol–water partition coefficient (Wildman–Crippen LogP) is 2.87. The minimum absolute atomic E-state index is 0.0955. The van der Waals surface area contributed by atoms with Gasteiger partial charge in [-0.15, -0.1) is 0 Å². The van der Waals surface area contributed by atoms with E-state index in [1.807, 2.05) is 60.7 Å². The Kier molecular flexibility index (Phi) is 9.84. The van der Waals surface area contributed by atoms with Gasteiger partial charge in [-0.3, -0.25) is 20.3 Å². The highest BCUT2D eigenvalue weighted by molar-refractivity contribution is 6.04. The van der Waals surface area contributed by atoms with Crippen molar-refractivity contribution < 1.29 is 23.9 Å². The molecular formula is C30H33N5O5. The number of alkyl carbamates (subject to hydrolysis) is 1. The lowest BCUT2D eigenvalue weighted by atomic mass is 10.1. The highest BCUT2D eigenvalue weighted by Crippen LogP contribution is 2.17. The molecule has 1 heterocycles. The Morgan fingerprint density at radius 3 is 2.33 bits per heavy atom. The monoisotopic (exact) mass is 543 g/mol. The molecule has 1 saturated heterocycles. The van der Waals surface area contributed by atoms with Gasteiger partial charge in [-0.05, 0) is 30.2 Å². The molecule has 5 N–H and O–H groups in total. The molecule has 208 valence electrons. The summed E-state index contributed by atoms with van der Waals surface area (Å²) in [6.07, 6.45) is -0.328. The van der Waals surface area contributed by atoms with E-state index in [1.165, 1.54) is 0 Å². The molecule has 10 nitrogen and oxygen atoms in total. The average Bonchev–Trinajstić information content (AvgIpc) is 3.44. The van der Waals surface area contributed by atoms with E-state index in [4.69, 9.17) is 14.9 Å². The van der Waals surface area contributed by atoms with E-state index in [1.54, 1.807) is 31.2 Å². The molecule has 10 heteroatoms. The van der Waals surface area contributed by atoms with Crippen LogP contribution >= 0.6 is 0 Å². The van der Waals surface area contributed by atoms with Gasteiger partial charge in [0.05, 0.1) is 6.04 Å². The van der Waals surface area contributed by atoms with Gasteiger partial charge in [0.15, 0.2) is 0 Å². The number of amidine groups is 1. The van der Waals surface area contributed by atoms with Crippen molar-refractivity contribution in [1.29, 1.82) is 5.41 Å². The lowest BCUT2D eigenvalue weighted by molar-refractivity contribution is -0.129. The third-order valence-corrected chi connectivity index (χ3v) is 6.35. The molecule has 1 aliphatic heterocycles. The molecule has 1 fully saturated rings. The normalized spacial score (nSPS) is 16.8. The van der Waals surface area contributed by atoms with Crippen molar-refractivity contribution in [3.05, 3.63) is 102 Å².